The van der Waals surface area contributed by atoms with Crippen LogP contribution in [-0.2, 0) is 0 Å². The van der Waals surface area contributed by atoms with E-state index in [0.717, 1.165) is 17.0 Å². The number of rotatable bonds is 3. The molecule has 0 aliphatic rings. The van der Waals surface area contributed by atoms with Crippen LogP contribution >= 0.6 is 214 Å². The van der Waals surface area contributed by atoms with E-state index in [2.05, 4.69) is 311 Å². The Morgan fingerprint density at radius 3 is 0.486 bits per heavy atom. The van der Waals surface area contributed by atoms with E-state index in [1.165, 1.54) is 0 Å². The van der Waals surface area contributed by atoms with Gasteiger partial charge in [-0.2, -0.15) is 0 Å². The van der Waals surface area contributed by atoms with Crippen molar-refractivity contribution in [2.75, 3.05) is 0 Å². The first-order chi connectivity index (χ1) is 15.4. The molecule has 0 nitrogen and oxygen atoms in total. The van der Waals surface area contributed by atoms with Gasteiger partial charge in [0.25, 0.3) is 0 Å². The average molecular weight is 2040 g/mol. The van der Waals surface area contributed by atoms with Crippen LogP contribution in [0.5, 0.6) is 0 Å². The molecule has 37 heavy (non-hydrogen) atoms. The standard InChI is InChI=1S/3C7H16I2P.2I3.HI/c3*1-6(2)10(8,9)7(3,4)5;2*1-3-2;/h3*6H,1-5H3;;;1H/q3*+1;2*-1;/p-1. The summed E-state index contributed by atoms with van der Waals surface area (Å²) < 4.78 is -2.27. The first kappa shape index (κ1) is 59.9. The van der Waals surface area contributed by atoms with Crippen molar-refractivity contribution in [1.29, 1.82) is 0 Å². The third kappa shape index (κ3) is 30.1. The molecule has 0 radical (unpaired) electrons. The van der Waals surface area contributed by atoms with Crippen LogP contribution < -0.4 is 50.5 Å². The molecule has 0 fully saturated rings. The quantitative estimate of drug-likeness (QED) is 0.196. The Hall–Kier alpha value is 10.8. The molecule has 238 valence electrons. The van der Waals surface area contributed by atoms with Crippen molar-refractivity contribution >= 4 is 214 Å². The predicted molar refractivity (Wildman–Crippen MR) is 266 cm³/mol. The second-order valence-corrected chi connectivity index (χ2v) is 98.5. The Balaban J connectivity index is -0.0000000866. The second-order valence-electron chi connectivity index (χ2n) is 11.6. The zero-order valence-electron chi connectivity index (χ0n) is 24.5. The van der Waals surface area contributed by atoms with Crippen molar-refractivity contribution in [2.24, 2.45) is 0 Å². The molecule has 0 unspecified atom stereocenters. The summed E-state index contributed by atoms with van der Waals surface area (Å²) in [6.07, 6.45) is 0. The molecule has 0 atom stereocenters. The molecule has 0 bridgehead atoms. The number of halogens is 13. The minimum absolute atomic E-state index is 0. The van der Waals surface area contributed by atoms with Crippen molar-refractivity contribution < 1.29 is 50.5 Å². The molecule has 0 aromatic carbocycles. The van der Waals surface area contributed by atoms with Gasteiger partial charge in [0.15, 0.2) is 132 Å². The minimum Gasteiger partial charge on any atom is -1.00 e. The Kier molecular flexibility index (Phi) is 47.5. The molecule has 0 N–H and O–H groups in total. The molecule has 0 saturated carbocycles. The van der Waals surface area contributed by atoms with E-state index < -0.39 is 7.64 Å². The summed E-state index contributed by atoms with van der Waals surface area (Å²) in [5.74, 6) is 0. The van der Waals surface area contributed by atoms with Crippen molar-refractivity contribution in [2.45, 2.75) is 136 Å². The summed E-state index contributed by atoms with van der Waals surface area (Å²) in [6, 6.07) is 0. The second kappa shape index (κ2) is 29.4. The van der Waals surface area contributed by atoms with Gasteiger partial charge in [-0.25, -0.2) is 0 Å². The first-order valence-electron chi connectivity index (χ1n) is 11.0. The Morgan fingerprint density at radius 1 is 0.405 bits per heavy atom. The molecule has 0 aliphatic carbocycles. The predicted octanol–water partition coefficient (Wildman–Crippen LogP) is 9.29. The van der Waals surface area contributed by atoms with Gasteiger partial charge in [0, 0.05) is 0 Å². The minimum atomic E-state index is -0.758. The maximum Gasteiger partial charge on any atom is -1.00 e. The SMILES string of the molecule is CC(C)[P+](I)(I)C(C)(C)C.CC(C)[P+](I)(I)C(C)(C)C.CC(C)[P+](I)(I)C(C)(C)C.I[I-]I.I[I-]I.[I-]. The van der Waals surface area contributed by atoms with Gasteiger partial charge in [-0.15, -0.1) is 0 Å². The topological polar surface area (TPSA) is 0 Å². The van der Waals surface area contributed by atoms with Gasteiger partial charge < -0.3 is 24.0 Å². The maximum absolute atomic E-state index is 2.67. The zero-order valence-corrected chi connectivity index (χ0v) is 55.2. The van der Waals surface area contributed by atoms with Gasteiger partial charge in [0.1, 0.15) is 7.64 Å². The number of hydrogen-bond acceptors (Lipinski definition) is 0. The maximum atomic E-state index is 2.67. The third-order valence-electron chi connectivity index (χ3n) is 4.63. The fraction of sp³-hybridized carbons (Fsp3) is 1.00. The van der Waals surface area contributed by atoms with Crippen molar-refractivity contribution in [3.63, 3.8) is 0 Å². The van der Waals surface area contributed by atoms with E-state index in [9.17, 15) is 0 Å². The smallest absolute Gasteiger partial charge is 1.00 e. The third-order valence-corrected chi connectivity index (χ3v) is 60.0. The van der Waals surface area contributed by atoms with Gasteiger partial charge >= 0.3 is 101 Å². The molecule has 0 rings (SSSR count). The molecule has 16 heteroatoms. The summed E-state index contributed by atoms with van der Waals surface area (Å²) in [7, 11) is 0. The number of hydrogen-bond donors (Lipinski definition) is 0. The average Bonchev–Trinajstić information content (AvgIpc) is 2.60. The molecule has 0 spiro atoms. The molecule has 0 amide bonds. The Bertz CT molecular complexity index is 450. The van der Waals surface area contributed by atoms with Crippen LogP contribution in [0.25, 0.3) is 0 Å². The molecule has 0 saturated heterocycles. The van der Waals surface area contributed by atoms with Crippen LogP contribution in [0.4, 0.5) is 0 Å². The fourth-order valence-corrected chi connectivity index (χ4v) is 6.97. The normalized spacial score (nSPS) is 12.9. The van der Waals surface area contributed by atoms with E-state index in [0.29, 0.717) is 42.0 Å². The van der Waals surface area contributed by atoms with E-state index >= 15 is 0 Å². The van der Waals surface area contributed by atoms with Crippen molar-refractivity contribution in [1.82, 2.24) is 0 Å². The van der Waals surface area contributed by atoms with Crippen LogP contribution in [0.3, 0.4) is 0 Å². The van der Waals surface area contributed by atoms with E-state index in [-0.39, 0.29) is 24.0 Å². The zero-order chi connectivity index (χ0) is 31.1. The summed E-state index contributed by atoms with van der Waals surface area (Å²) in [5.41, 5.74) is 2.52. The Morgan fingerprint density at radius 2 is 0.486 bits per heavy atom. The van der Waals surface area contributed by atoms with Crippen LogP contribution in [-0.4, -0.2) is 32.4 Å². The van der Waals surface area contributed by atoms with E-state index in [1.54, 1.807) is 0 Å². The largest absolute Gasteiger partial charge is 1.00 e. The van der Waals surface area contributed by atoms with Crippen LogP contribution in [0.2, 0.25) is 0 Å². The van der Waals surface area contributed by atoms with Crippen LogP contribution in [0, 0.1) is 0 Å². The molecule has 0 aliphatic heterocycles. The summed E-state index contributed by atoms with van der Waals surface area (Å²) in [5, 5.41) is 1.51. The summed E-state index contributed by atoms with van der Waals surface area (Å²) in [6.45, 7) is 35.1. The molecule has 0 heterocycles. The molecule has 0 aromatic rings. The van der Waals surface area contributed by atoms with Crippen molar-refractivity contribution in [3.05, 3.63) is 0 Å². The van der Waals surface area contributed by atoms with Gasteiger partial charge in [0.05, 0.1) is 32.4 Å². The van der Waals surface area contributed by atoms with E-state index in [1.807, 2.05) is 0 Å². The molecular formula is C21H48I13P3. The monoisotopic (exact) mass is 2040 g/mol. The molecule has 0 aromatic heterocycles. The Labute approximate surface area is 390 Å². The van der Waals surface area contributed by atoms with Gasteiger partial charge in [-0.05, 0) is 104 Å². The summed E-state index contributed by atoms with van der Waals surface area (Å²) >= 11 is 26.6. The first-order valence-corrected chi connectivity index (χ1v) is 58.4. The van der Waals surface area contributed by atoms with Gasteiger partial charge in [0.2, 0.25) is 0 Å². The summed E-state index contributed by atoms with van der Waals surface area (Å²) in [4.78, 5) is 0. The van der Waals surface area contributed by atoms with Crippen molar-refractivity contribution in [3.8, 4) is 0 Å². The fourth-order valence-electron chi connectivity index (χ4n) is 2.32. The van der Waals surface area contributed by atoms with Gasteiger partial charge in [-0.3, -0.25) is 0 Å². The van der Waals surface area contributed by atoms with Crippen LogP contribution in [0.1, 0.15) is 104 Å². The van der Waals surface area contributed by atoms with E-state index in [4.69, 9.17) is 0 Å². The van der Waals surface area contributed by atoms with Crippen LogP contribution in [0.15, 0.2) is 0 Å². The van der Waals surface area contributed by atoms with Gasteiger partial charge in [-0.1, -0.05) is 0 Å². The molecular weight excluding hydrogens is 1990 g/mol.